The second-order valence-corrected chi connectivity index (χ2v) is 7.23. The second kappa shape index (κ2) is 8.37. The first-order valence-electron chi connectivity index (χ1n) is 9.31. The average Bonchev–Trinajstić information content (AvgIpc) is 2.76. The highest BCUT2D eigenvalue weighted by molar-refractivity contribution is 5.76. The van der Waals surface area contributed by atoms with Crippen LogP contribution < -0.4 is 10.1 Å². The van der Waals surface area contributed by atoms with Crippen LogP contribution in [0, 0.1) is 13.8 Å². The third-order valence-corrected chi connectivity index (χ3v) is 4.85. The number of carbonyl (C=O) groups excluding carboxylic acids is 1. The van der Waals surface area contributed by atoms with E-state index < -0.39 is 0 Å². The van der Waals surface area contributed by atoms with Crippen LogP contribution in [0.1, 0.15) is 35.6 Å². The normalized spacial score (nSPS) is 17.1. The third kappa shape index (κ3) is 4.85. The number of fused-ring (bicyclic) bond motifs is 1. The van der Waals surface area contributed by atoms with E-state index in [1.165, 1.54) is 22.3 Å². The lowest BCUT2D eigenvalue weighted by molar-refractivity contribution is -0.121. The summed E-state index contributed by atoms with van der Waals surface area (Å²) in [6.07, 6.45) is 0.619. The number of hydrogen-bond acceptors (Lipinski definition) is 3. The van der Waals surface area contributed by atoms with E-state index in [-0.39, 0.29) is 12.0 Å². The lowest BCUT2D eigenvalue weighted by Crippen LogP contribution is -2.34. The standard InChI is InChI=1S/C22H28N2O2/c1-16-8-9-21-20(12-16)15-24(14-18(3)26-21)11-10-22(25)23-13-19-7-5-4-6-17(19)2/h4-9,12,18H,10-11,13-15H2,1-3H3,(H,23,25). The fraction of sp³-hybridized carbons (Fsp3) is 0.409. The van der Waals surface area contributed by atoms with Crippen molar-refractivity contribution in [3.8, 4) is 5.75 Å². The van der Waals surface area contributed by atoms with Crippen LogP contribution in [0.5, 0.6) is 5.75 Å². The molecule has 0 spiro atoms. The number of nitrogens with one attached hydrogen (secondary N) is 1. The van der Waals surface area contributed by atoms with E-state index in [9.17, 15) is 4.79 Å². The molecule has 26 heavy (non-hydrogen) atoms. The van der Waals surface area contributed by atoms with Gasteiger partial charge in [-0.3, -0.25) is 9.69 Å². The molecule has 2 aromatic rings. The summed E-state index contributed by atoms with van der Waals surface area (Å²) in [5.41, 5.74) is 4.81. The van der Waals surface area contributed by atoms with Gasteiger partial charge in [0.05, 0.1) is 0 Å². The molecule has 1 heterocycles. The van der Waals surface area contributed by atoms with Crippen LogP contribution >= 0.6 is 0 Å². The first-order valence-corrected chi connectivity index (χ1v) is 9.31. The zero-order chi connectivity index (χ0) is 18.5. The quantitative estimate of drug-likeness (QED) is 0.894. The van der Waals surface area contributed by atoms with Crippen LogP contribution in [0.25, 0.3) is 0 Å². The number of rotatable bonds is 5. The number of benzene rings is 2. The number of carbonyl (C=O) groups is 1. The lowest BCUT2D eigenvalue weighted by Gasteiger charge is -2.21. The van der Waals surface area contributed by atoms with E-state index >= 15 is 0 Å². The van der Waals surface area contributed by atoms with Crippen LogP contribution in [0.4, 0.5) is 0 Å². The Morgan fingerprint density at radius 2 is 2.04 bits per heavy atom. The van der Waals surface area contributed by atoms with Crippen molar-refractivity contribution in [1.29, 1.82) is 0 Å². The van der Waals surface area contributed by atoms with Gasteiger partial charge in [0.15, 0.2) is 0 Å². The molecule has 0 saturated carbocycles. The average molecular weight is 352 g/mol. The van der Waals surface area contributed by atoms with Crippen molar-refractivity contribution >= 4 is 5.91 Å². The summed E-state index contributed by atoms with van der Waals surface area (Å²) < 4.78 is 6.03. The number of aryl methyl sites for hydroxylation is 2. The predicted octanol–water partition coefficient (Wildman–Crippen LogP) is 3.59. The van der Waals surface area contributed by atoms with Gasteiger partial charge in [-0.1, -0.05) is 42.0 Å². The largest absolute Gasteiger partial charge is 0.489 e. The Hall–Kier alpha value is -2.33. The SMILES string of the molecule is Cc1ccc2c(c1)CN(CCC(=O)NCc1ccccc1C)CC(C)O2. The minimum absolute atomic E-state index is 0.0931. The fourth-order valence-electron chi connectivity index (χ4n) is 3.39. The molecule has 1 aliphatic rings. The molecule has 1 aliphatic heterocycles. The smallest absolute Gasteiger partial charge is 0.221 e. The van der Waals surface area contributed by atoms with Crippen LogP contribution in [0.3, 0.4) is 0 Å². The predicted molar refractivity (Wildman–Crippen MR) is 104 cm³/mol. The maximum atomic E-state index is 12.3. The number of amides is 1. The van der Waals surface area contributed by atoms with E-state index in [1.54, 1.807) is 0 Å². The number of ether oxygens (including phenoxy) is 1. The molecule has 1 amide bonds. The van der Waals surface area contributed by atoms with Crippen molar-refractivity contribution in [3.63, 3.8) is 0 Å². The summed E-state index contributed by atoms with van der Waals surface area (Å²) in [6.45, 7) is 9.23. The molecule has 1 unspecified atom stereocenters. The monoisotopic (exact) mass is 352 g/mol. The fourth-order valence-corrected chi connectivity index (χ4v) is 3.39. The molecule has 138 valence electrons. The Balaban J connectivity index is 1.53. The van der Waals surface area contributed by atoms with Crippen molar-refractivity contribution in [2.75, 3.05) is 13.1 Å². The molecule has 0 radical (unpaired) electrons. The molecule has 4 nitrogen and oxygen atoms in total. The minimum atomic E-state index is 0.0931. The van der Waals surface area contributed by atoms with Crippen LogP contribution in [-0.2, 0) is 17.9 Å². The minimum Gasteiger partial charge on any atom is -0.489 e. The molecule has 0 aliphatic carbocycles. The Bertz CT molecular complexity index is 772. The lowest BCUT2D eigenvalue weighted by atomic mass is 10.1. The van der Waals surface area contributed by atoms with Crippen LogP contribution in [0.2, 0.25) is 0 Å². The molecule has 0 bridgehead atoms. The molecular formula is C22H28N2O2. The van der Waals surface area contributed by atoms with Gasteiger partial charge < -0.3 is 10.1 Å². The topological polar surface area (TPSA) is 41.6 Å². The molecule has 4 heteroatoms. The van der Waals surface area contributed by atoms with Crippen LogP contribution in [0.15, 0.2) is 42.5 Å². The molecule has 0 aromatic heterocycles. The van der Waals surface area contributed by atoms with Crippen molar-refractivity contribution in [2.24, 2.45) is 0 Å². The van der Waals surface area contributed by atoms with Crippen molar-refractivity contribution in [3.05, 3.63) is 64.7 Å². The van der Waals surface area contributed by atoms with Crippen molar-refractivity contribution < 1.29 is 9.53 Å². The molecule has 2 aromatic carbocycles. The number of hydrogen-bond donors (Lipinski definition) is 1. The molecule has 0 fully saturated rings. The van der Waals surface area contributed by atoms with E-state index in [2.05, 4.69) is 61.3 Å². The molecular weight excluding hydrogens is 324 g/mol. The molecule has 1 atom stereocenters. The first-order chi connectivity index (χ1) is 12.5. The van der Waals surface area contributed by atoms with Gasteiger partial charge in [0.1, 0.15) is 11.9 Å². The molecule has 3 rings (SSSR count). The van der Waals surface area contributed by atoms with Crippen molar-refractivity contribution in [1.82, 2.24) is 10.2 Å². The highest BCUT2D eigenvalue weighted by atomic mass is 16.5. The van der Waals surface area contributed by atoms with Gasteiger partial charge in [0, 0.05) is 38.2 Å². The van der Waals surface area contributed by atoms with Gasteiger partial charge in [-0.2, -0.15) is 0 Å². The van der Waals surface area contributed by atoms with E-state index in [0.717, 1.165) is 25.4 Å². The molecule has 1 N–H and O–H groups in total. The third-order valence-electron chi connectivity index (χ3n) is 4.85. The van der Waals surface area contributed by atoms with Gasteiger partial charge in [0.2, 0.25) is 5.91 Å². The Labute approximate surface area is 156 Å². The highest BCUT2D eigenvalue weighted by Crippen LogP contribution is 2.26. The Morgan fingerprint density at radius 3 is 2.85 bits per heavy atom. The van der Waals surface area contributed by atoms with E-state index in [0.29, 0.717) is 13.0 Å². The highest BCUT2D eigenvalue weighted by Gasteiger charge is 2.20. The van der Waals surface area contributed by atoms with Gasteiger partial charge >= 0.3 is 0 Å². The summed E-state index contributed by atoms with van der Waals surface area (Å²) in [5, 5.41) is 3.04. The van der Waals surface area contributed by atoms with E-state index in [1.807, 2.05) is 12.1 Å². The number of nitrogens with zero attached hydrogens (tertiary/aromatic N) is 1. The zero-order valence-electron chi connectivity index (χ0n) is 15.9. The summed E-state index contributed by atoms with van der Waals surface area (Å²) >= 11 is 0. The summed E-state index contributed by atoms with van der Waals surface area (Å²) in [7, 11) is 0. The first kappa shape index (κ1) is 18.5. The Morgan fingerprint density at radius 1 is 1.23 bits per heavy atom. The summed E-state index contributed by atoms with van der Waals surface area (Å²) in [6, 6.07) is 14.5. The Kier molecular flexibility index (Phi) is 5.94. The van der Waals surface area contributed by atoms with E-state index in [4.69, 9.17) is 4.74 Å². The van der Waals surface area contributed by atoms with Gasteiger partial charge in [0.25, 0.3) is 0 Å². The summed E-state index contributed by atoms with van der Waals surface area (Å²) in [5.74, 6) is 1.06. The maximum Gasteiger partial charge on any atom is 0.221 e. The molecule has 0 saturated heterocycles. The van der Waals surface area contributed by atoms with Gasteiger partial charge in [-0.05, 0) is 38.0 Å². The van der Waals surface area contributed by atoms with Crippen molar-refractivity contribution in [2.45, 2.75) is 46.4 Å². The maximum absolute atomic E-state index is 12.3. The second-order valence-electron chi connectivity index (χ2n) is 7.23. The zero-order valence-corrected chi connectivity index (χ0v) is 15.9. The van der Waals surface area contributed by atoms with Crippen LogP contribution in [-0.4, -0.2) is 30.0 Å². The summed E-state index contributed by atoms with van der Waals surface area (Å²) in [4.78, 5) is 14.6. The van der Waals surface area contributed by atoms with Gasteiger partial charge in [-0.15, -0.1) is 0 Å². The van der Waals surface area contributed by atoms with Gasteiger partial charge in [-0.25, -0.2) is 0 Å².